The first-order chi connectivity index (χ1) is 11.1. The topological polar surface area (TPSA) is 52.0 Å². The Labute approximate surface area is 144 Å². The average molecular weight is 351 g/mol. The Bertz CT molecular complexity index is 847. The molecule has 5 nitrogen and oxygen atoms in total. The molecule has 2 heterocycles. The summed E-state index contributed by atoms with van der Waals surface area (Å²) >= 11 is 12.2. The molecular weight excluding hydrogens is 335 g/mol. The zero-order valence-electron chi connectivity index (χ0n) is 12.8. The van der Waals surface area contributed by atoms with Crippen LogP contribution < -0.4 is 10.1 Å². The summed E-state index contributed by atoms with van der Waals surface area (Å²) in [5.41, 5.74) is 2.02. The minimum atomic E-state index is 0.412. The second-order valence-corrected chi connectivity index (χ2v) is 5.85. The van der Waals surface area contributed by atoms with Gasteiger partial charge >= 0.3 is 0 Å². The van der Waals surface area contributed by atoms with E-state index in [1.807, 2.05) is 25.1 Å². The number of hydrogen-bond acceptors (Lipinski definition) is 4. The van der Waals surface area contributed by atoms with Gasteiger partial charge in [-0.2, -0.15) is 0 Å². The summed E-state index contributed by atoms with van der Waals surface area (Å²) in [7, 11) is 1.67. The molecule has 0 aliphatic carbocycles. The Balaban J connectivity index is 1.87. The maximum absolute atomic E-state index is 6.39. The Morgan fingerprint density at radius 1 is 1.26 bits per heavy atom. The van der Waals surface area contributed by atoms with Gasteiger partial charge in [0.25, 0.3) is 0 Å². The number of methoxy groups -OCH3 is 1. The quantitative estimate of drug-likeness (QED) is 0.701. The fraction of sp³-hybridized carbons (Fsp3) is 0.250. The lowest BCUT2D eigenvalue weighted by Gasteiger charge is -2.10. The van der Waals surface area contributed by atoms with Crippen molar-refractivity contribution in [3.63, 3.8) is 0 Å². The third-order valence-electron chi connectivity index (χ3n) is 3.71. The molecule has 0 aliphatic heterocycles. The van der Waals surface area contributed by atoms with Gasteiger partial charge in [-0.3, -0.25) is 0 Å². The monoisotopic (exact) mass is 350 g/mol. The van der Waals surface area contributed by atoms with Gasteiger partial charge in [-0.25, -0.2) is 9.97 Å². The number of nitrogens with one attached hydrogen (secondary N) is 1. The third-order valence-corrected chi connectivity index (χ3v) is 4.23. The number of rotatable bonds is 5. The number of anilines is 1. The van der Waals surface area contributed by atoms with Crippen molar-refractivity contribution >= 4 is 39.9 Å². The highest BCUT2D eigenvalue weighted by atomic mass is 35.5. The van der Waals surface area contributed by atoms with Crippen molar-refractivity contribution in [1.82, 2.24) is 14.5 Å². The molecule has 1 N–H and O–H groups in total. The molecule has 3 aromatic rings. The van der Waals surface area contributed by atoms with Gasteiger partial charge in [0.1, 0.15) is 23.0 Å². The lowest BCUT2D eigenvalue weighted by atomic mass is 10.2. The summed E-state index contributed by atoms with van der Waals surface area (Å²) in [6.45, 7) is 3.42. The van der Waals surface area contributed by atoms with Gasteiger partial charge in [0.05, 0.1) is 23.3 Å². The van der Waals surface area contributed by atoms with E-state index in [0.717, 1.165) is 28.9 Å². The smallest absolute Gasteiger partial charge is 0.147 e. The average Bonchev–Trinajstić information content (AvgIpc) is 2.80. The number of para-hydroxylation sites is 1. The van der Waals surface area contributed by atoms with Crippen LogP contribution >= 0.6 is 23.2 Å². The zero-order valence-corrected chi connectivity index (χ0v) is 14.3. The Morgan fingerprint density at radius 2 is 2.09 bits per heavy atom. The van der Waals surface area contributed by atoms with Crippen LogP contribution in [0.25, 0.3) is 10.9 Å². The molecule has 120 valence electrons. The molecule has 0 aliphatic rings. The van der Waals surface area contributed by atoms with Crippen LogP contribution in [-0.4, -0.2) is 28.2 Å². The van der Waals surface area contributed by atoms with Gasteiger partial charge in [0.2, 0.25) is 0 Å². The van der Waals surface area contributed by atoms with E-state index >= 15 is 0 Å². The molecule has 0 fully saturated rings. The number of hydrogen-bond donors (Lipinski definition) is 1. The van der Waals surface area contributed by atoms with Crippen LogP contribution in [-0.2, 0) is 6.54 Å². The zero-order chi connectivity index (χ0) is 16.4. The standard InChI is InChI=1S/C16H16Cl2N4O/c1-10-16(23-2)11-4-3-5-12(17)15(11)22(10)7-6-19-14-8-13(18)20-9-21-14/h3-5,8-9H,6-7H2,1-2H3,(H,19,20,21). The van der Waals surface area contributed by atoms with Crippen molar-refractivity contribution in [2.45, 2.75) is 13.5 Å². The van der Waals surface area contributed by atoms with Crippen LogP contribution in [0, 0.1) is 6.92 Å². The summed E-state index contributed by atoms with van der Waals surface area (Å²) in [4.78, 5) is 7.99. The van der Waals surface area contributed by atoms with E-state index in [2.05, 4.69) is 19.9 Å². The highest BCUT2D eigenvalue weighted by Gasteiger charge is 2.16. The van der Waals surface area contributed by atoms with Crippen molar-refractivity contribution in [3.8, 4) is 5.75 Å². The molecular formula is C16H16Cl2N4O. The molecule has 0 atom stereocenters. The van der Waals surface area contributed by atoms with Gasteiger partial charge in [-0.15, -0.1) is 0 Å². The highest BCUT2D eigenvalue weighted by molar-refractivity contribution is 6.35. The lowest BCUT2D eigenvalue weighted by molar-refractivity contribution is 0.414. The second kappa shape index (κ2) is 6.64. The van der Waals surface area contributed by atoms with Gasteiger partial charge < -0.3 is 14.6 Å². The Kier molecular flexibility index (Phi) is 4.59. The minimum absolute atomic E-state index is 0.412. The molecule has 0 amide bonds. The van der Waals surface area contributed by atoms with E-state index < -0.39 is 0 Å². The summed E-state index contributed by atoms with van der Waals surface area (Å²) in [5.74, 6) is 1.55. The van der Waals surface area contributed by atoms with Gasteiger partial charge in [0, 0.05) is 24.5 Å². The second-order valence-electron chi connectivity index (χ2n) is 5.06. The first-order valence-electron chi connectivity index (χ1n) is 7.14. The van der Waals surface area contributed by atoms with Gasteiger partial charge in [-0.1, -0.05) is 29.3 Å². The van der Waals surface area contributed by atoms with Gasteiger partial charge in [-0.05, 0) is 19.1 Å². The first-order valence-corrected chi connectivity index (χ1v) is 7.90. The molecule has 0 saturated carbocycles. The van der Waals surface area contributed by atoms with E-state index in [1.165, 1.54) is 6.33 Å². The predicted molar refractivity (Wildman–Crippen MR) is 93.8 cm³/mol. The number of fused-ring (bicyclic) bond motifs is 1. The van der Waals surface area contributed by atoms with E-state index in [1.54, 1.807) is 13.2 Å². The fourth-order valence-corrected chi connectivity index (χ4v) is 3.14. The van der Waals surface area contributed by atoms with Crippen molar-refractivity contribution in [2.24, 2.45) is 0 Å². The normalized spacial score (nSPS) is 11.0. The van der Waals surface area contributed by atoms with Crippen molar-refractivity contribution < 1.29 is 4.74 Å². The van der Waals surface area contributed by atoms with Crippen LogP contribution in [0.15, 0.2) is 30.6 Å². The maximum Gasteiger partial charge on any atom is 0.147 e. The molecule has 2 aromatic heterocycles. The first kappa shape index (κ1) is 15.9. The van der Waals surface area contributed by atoms with Crippen molar-refractivity contribution in [1.29, 1.82) is 0 Å². The van der Waals surface area contributed by atoms with Gasteiger partial charge in [0.15, 0.2) is 0 Å². The molecule has 0 unspecified atom stereocenters. The minimum Gasteiger partial charge on any atom is -0.494 e. The maximum atomic E-state index is 6.39. The molecule has 7 heteroatoms. The van der Waals surface area contributed by atoms with Crippen LogP contribution in [0.4, 0.5) is 5.82 Å². The van der Waals surface area contributed by atoms with E-state index in [-0.39, 0.29) is 0 Å². The molecule has 0 bridgehead atoms. The molecule has 23 heavy (non-hydrogen) atoms. The lowest BCUT2D eigenvalue weighted by Crippen LogP contribution is -2.12. The molecule has 0 saturated heterocycles. The van der Waals surface area contributed by atoms with Crippen LogP contribution in [0.3, 0.4) is 0 Å². The summed E-state index contributed by atoms with van der Waals surface area (Å²) < 4.78 is 7.68. The number of nitrogens with zero attached hydrogens (tertiary/aromatic N) is 3. The molecule has 1 aromatic carbocycles. The molecule has 0 radical (unpaired) electrons. The van der Waals surface area contributed by atoms with Crippen molar-refractivity contribution in [3.05, 3.63) is 46.5 Å². The number of halogens is 2. The number of ether oxygens (including phenoxy) is 1. The fourth-order valence-electron chi connectivity index (χ4n) is 2.72. The van der Waals surface area contributed by atoms with Crippen molar-refractivity contribution in [2.75, 3.05) is 19.0 Å². The molecule has 0 spiro atoms. The van der Waals surface area contributed by atoms with E-state index in [4.69, 9.17) is 27.9 Å². The number of benzene rings is 1. The summed E-state index contributed by atoms with van der Waals surface area (Å²) in [6.07, 6.45) is 1.43. The van der Waals surface area contributed by atoms with Crippen LogP contribution in [0.1, 0.15) is 5.69 Å². The Morgan fingerprint density at radius 3 is 2.83 bits per heavy atom. The highest BCUT2D eigenvalue weighted by Crippen LogP contribution is 2.36. The SMILES string of the molecule is COc1c(C)n(CCNc2cc(Cl)ncn2)c2c(Cl)cccc12. The predicted octanol–water partition coefficient (Wildman–Crippen LogP) is 4.17. The summed E-state index contributed by atoms with van der Waals surface area (Å²) in [5, 5.41) is 5.37. The van der Waals surface area contributed by atoms with E-state index in [9.17, 15) is 0 Å². The Hall–Kier alpha value is -1.98. The van der Waals surface area contributed by atoms with Crippen LogP contribution in [0.2, 0.25) is 10.2 Å². The number of aromatic nitrogens is 3. The van der Waals surface area contributed by atoms with E-state index in [0.29, 0.717) is 22.5 Å². The van der Waals surface area contributed by atoms with Crippen LogP contribution in [0.5, 0.6) is 5.75 Å². The third kappa shape index (κ3) is 3.07. The molecule has 3 rings (SSSR count). The summed E-state index contributed by atoms with van der Waals surface area (Å²) in [6, 6.07) is 7.52. The largest absolute Gasteiger partial charge is 0.494 e.